The Morgan fingerprint density at radius 2 is 1.82 bits per heavy atom. The van der Waals surface area contributed by atoms with Crippen LogP contribution < -0.4 is 10.6 Å². The van der Waals surface area contributed by atoms with Crippen molar-refractivity contribution in [2.75, 3.05) is 26.7 Å². The van der Waals surface area contributed by atoms with Gasteiger partial charge in [-0.25, -0.2) is 0 Å². The van der Waals surface area contributed by atoms with Crippen molar-refractivity contribution in [2.24, 2.45) is 5.41 Å². The molecule has 0 aromatic carbocycles. The molecule has 5 atom stereocenters. The zero-order chi connectivity index (χ0) is 28.7. The van der Waals surface area contributed by atoms with Crippen LogP contribution in [0.4, 0.5) is 0 Å². The van der Waals surface area contributed by atoms with Gasteiger partial charge in [0, 0.05) is 33.2 Å². The molecule has 0 saturated carbocycles. The molecule has 5 N–H and O–H groups in total. The van der Waals surface area contributed by atoms with E-state index < -0.39 is 36.4 Å². The predicted molar refractivity (Wildman–Crippen MR) is 146 cm³/mol. The number of hydrogen-bond donors (Lipinski definition) is 5. The molecule has 220 valence electrons. The first-order valence-corrected chi connectivity index (χ1v) is 14.0. The van der Waals surface area contributed by atoms with E-state index in [9.17, 15) is 29.7 Å². The molecule has 1 aliphatic rings. The van der Waals surface area contributed by atoms with Gasteiger partial charge in [-0.3, -0.25) is 14.4 Å². The third-order valence-corrected chi connectivity index (χ3v) is 6.60. The lowest BCUT2D eigenvalue weighted by Crippen LogP contribution is -2.56. The molecule has 0 aromatic rings. The molecular weight excluding hydrogens is 490 g/mol. The minimum Gasteiger partial charge on any atom is -0.387 e. The molecule has 0 radical (unpaired) electrons. The van der Waals surface area contributed by atoms with Gasteiger partial charge < -0.3 is 35.6 Å². The Balaban J connectivity index is 2.63. The largest absolute Gasteiger partial charge is 0.387 e. The zero-order valence-electron chi connectivity index (χ0n) is 23.9. The van der Waals surface area contributed by atoms with E-state index in [0.29, 0.717) is 38.9 Å². The summed E-state index contributed by atoms with van der Waals surface area (Å²) < 4.78 is 5.15. The second-order valence-electron chi connectivity index (χ2n) is 11.2. The molecule has 10 heteroatoms. The molecule has 0 bridgehead atoms. The number of aliphatic hydroxyl groups is 3. The molecule has 0 spiro atoms. The van der Waals surface area contributed by atoms with Crippen molar-refractivity contribution in [2.45, 2.75) is 116 Å². The Hall–Kier alpha value is -2.01. The first-order valence-electron chi connectivity index (χ1n) is 14.0. The fraction of sp³-hybridized carbons (Fsp3) is 0.821. The number of aliphatic hydroxyl groups excluding tert-OH is 3. The number of unbranched alkanes of at least 4 members (excludes halogenated alkanes) is 3. The van der Waals surface area contributed by atoms with Gasteiger partial charge in [0.2, 0.25) is 11.8 Å². The van der Waals surface area contributed by atoms with E-state index in [1.165, 1.54) is 13.2 Å². The summed E-state index contributed by atoms with van der Waals surface area (Å²) in [4.78, 5) is 39.7. The number of nitrogens with zero attached hydrogens (tertiary/aromatic N) is 1. The van der Waals surface area contributed by atoms with Gasteiger partial charge in [0.25, 0.3) is 5.91 Å². The van der Waals surface area contributed by atoms with E-state index >= 15 is 0 Å². The van der Waals surface area contributed by atoms with Crippen LogP contribution in [0.25, 0.3) is 0 Å². The molecule has 1 heterocycles. The summed E-state index contributed by atoms with van der Waals surface area (Å²) in [5, 5.41) is 36.8. The summed E-state index contributed by atoms with van der Waals surface area (Å²) >= 11 is 0. The number of nitrogens with one attached hydrogen (secondary N) is 2. The maximum absolute atomic E-state index is 13.1. The maximum atomic E-state index is 13.1. The lowest BCUT2D eigenvalue weighted by Gasteiger charge is -2.29. The Morgan fingerprint density at radius 1 is 1.11 bits per heavy atom. The Morgan fingerprint density at radius 3 is 2.45 bits per heavy atom. The van der Waals surface area contributed by atoms with Crippen LogP contribution in [-0.2, 0) is 19.1 Å². The molecule has 0 aliphatic carbocycles. The van der Waals surface area contributed by atoms with E-state index in [1.54, 1.807) is 11.0 Å². The van der Waals surface area contributed by atoms with Crippen LogP contribution in [0.1, 0.15) is 85.5 Å². The molecule has 1 rings (SSSR count). The molecule has 1 saturated heterocycles. The Labute approximate surface area is 228 Å². The van der Waals surface area contributed by atoms with Gasteiger partial charge in [-0.1, -0.05) is 59.1 Å². The maximum Gasteiger partial charge on any atom is 0.252 e. The highest BCUT2D eigenvalue weighted by Gasteiger charge is 2.37. The van der Waals surface area contributed by atoms with Gasteiger partial charge in [0.1, 0.15) is 24.4 Å². The van der Waals surface area contributed by atoms with Gasteiger partial charge >= 0.3 is 0 Å². The quantitative estimate of drug-likeness (QED) is 0.147. The van der Waals surface area contributed by atoms with Crippen molar-refractivity contribution in [1.82, 2.24) is 15.5 Å². The molecule has 1 aliphatic heterocycles. The van der Waals surface area contributed by atoms with Crippen LogP contribution in [0.2, 0.25) is 0 Å². The Bertz CT molecular complexity index is 753. The van der Waals surface area contributed by atoms with Crippen LogP contribution in [0, 0.1) is 5.41 Å². The minimum atomic E-state index is -1.71. The van der Waals surface area contributed by atoms with Crippen molar-refractivity contribution in [3.63, 3.8) is 0 Å². The van der Waals surface area contributed by atoms with Crippen molar-refractivity contribution in [3.05, 3.63) is 12.2 Å². The van der Waals surface area contributed by atoms with Crippen LogP contribution in [0.3, 0.4) is 0 Å². The number of allylic oxidation sites excluding steroid dienone is 1. The van der Waals surface area contributed by atoms with E-state index in [4.69, 9.17) is 4.74 Å². The molecule has 10 nitrogen and oxygen atoms in total. The van der Waals surface area contributed by atoms with Crippen molar-refractivity contribution in [1.29, 1.82) is 0 Å². The summed E-state index contributed by atoms with van der Waals surface area (Å²) in [6, 6.07) is -0.786. The highest BCUT2D eigenvalue weighted by Crippen LogP contribution is 2.18. The smallest absolute Gasteiger partial charge is 0.252 e. The summed E-state index contributed by atoms with van der Waals surface area (Å²) in [7, 11) is 1.22. The molecule has 0 aromatic heterocycles. The zero-order valence-corrected chi connectivity index (χ0v) is 23.9. The average Bonchev–Trinajstić information content (AvgIpc) is 3.03. The van der Waals surface area contributed by atoms with Crippen molar-refractivity contribution < 1.29 is 34.4 Å². The topological polar surface area (TPSA) is 148 Å². The second kappa shape index (κ2) is 17.6. The number of carbonyl (C=O) groups is 3. The van der Waals surface area contributed by atoms with Gasteiger partial charge in [-0.15, -0.1) is 0 Å². The first-order chi connectivity index (χ1) is 17.9. The molecule has 38 heavy (non-hydrogen) atoms. The number of carbonyl (C=O) groups excluding carboxylic acids is 3. The molecule has 1 unspecified atom stereocenters. The number of ether oxygens (including phenoxy) is 1. The third-order valence-electron chi connectivity index (χ3n) is 6.60. The average molecular weight is 542 g/mol. The lowest BCUT2D eigenvalue weighted by molar-refractivity contribution is -0.151. The van der Waals surface area contributed by atoms with Crippen LogP contribution in [0.15, 0.2) is 12.2 Å². The molecule has 3 amide bonds. The molecule has 1 fully saturated rings. The lowest BCUT2D eigenvalue weighted by atomic mass is 9.94. The first kappa shape index (κ1) is 34.0. The normalized spacial score (nSPS) is 20.1. The Kier molecular flexibility index (Phi) is 15.7. The van der Waals surface area contributed by atoms with Crippen LogP contribution in [-0.4, -0.2) is 95.1 Å². The number of hydrogen-bond acceptors (Lipinski definition) is 7. The summed E-state index contributed by atoms with van der Waals surface area (Å²) in [5.41, 5.74) is -0.241. The summed E-state index contributed by atoms with van der Waals surface area (Å²) in [6.45, 7) is 9.40. The standard InChI is InChI=1S/C28H51N3O7/c1-6-7-8-9-14-22(33)29-17-12-19-31-18-11-10-13-20(27(31)37)30-26(36)25(38-5)24(35)23(34)21(32)15-16-28(2,3)4/h15-16,20-21,23-25,32,34-35H,6-14,17-19H2,1-5H3,(H,29,33)(H,30,36)/t20?,21-,23+,24-,25-/m1/s1. The number of amides is 3. The number of methoxy groups -OCH3 is 1. The van der Waals surface area contributed by atoms with Crippen molar-refractivity contribution in [3.8, 4) is 0 Å². The van der Waals surface area contributed by atoms with Gasteiger partial charge in [-0.05, 0) is 37.5 Å². The van der Waals surface area contributed by atoms with E-state index in [0.717, 1.165) is 38.5 Å². The SMILES string of the molecule is CCCCCCC(=O)NCCCN1CCCCC(NC(=O)[C@H](OC)[C@H](O)[C@@H](O)[C@H](O)C=CC(C)(C)C)C1=O. The van der Waals surface area contributed by atoms with Crippen molar-refractivity contribution >= 4 is 17.7 Å². The predicted octanol–water partition coefficient (Wildman–Crippen LogP) is 1.66. The fourth-order valence-electron chi connectivity index (χ4n) is 4.30. The third kappa shape index (κ3) is 12.7. The highest BCUT2D eigenvalue weighted by molar-refractivity contribution is 5.89. The van der Waals surface area contributed by atoms with Gasteiger partial charge in [-0.2, -0.15) is 0 Å². The minimum absolute atomic E-state index is 0.0267. The van der Waals surface area contributed by atoms with E-state index in [-0.39, 0.29) is 17.2 Å². The van der Waals surface area contributed by atoms with Gasteiger partial charge in [0.05, 0.1) is 0 Å². The second-order valence-corrected chi connectivity index (χ2v) is 11.2. The number of rotatable bonds is 16. The van der Waals surface area contributed by atoms with Crippen LogP contribution in [0.5, 0.6) is 0 Å². The van der Waals surface area contributed by atoms with E-state index in [2.05, 4.69) is 17.6 Å². The fourth-order valence-corrected chi connectivity index (χ4v) is 4.30. The number of likely N-dealkylation sites (tertiary alicyclic amines) is 1. The van der Waals surface area contributed by atoms with Crippen LogP contribution >= 0.6 is 0 Å². The highest BCUT2D eigenvalue weighted by atomic mass is 16.5. The van der Waals surface area contributed by atoms with E-state index in [1.807, 2.05) is 20.8 Å². The molecular formula is C28H51N3O7. The summed E-state index contributed by atoms with van der Waals surface area (Å²) in [5.74, 6) is -0.930. The monoisotopic (exact) mass is 541 g/mol. The van der Waals surface area contributed by atoms with Gasteiger partial charge in [0.15, 0.2) is 6.10 Å². The summed E-state index contributed by atoms with van der Waals surface area (Å²) in [6.07, 6.45) is 4.12.